The van der Waals surface area contributed by atoms with Crippen molar-refractivity contribution in [2.75, 3.05) is 0 Å². The van der Waals surface area contributed by atoms with Crippen molar-refractivity contribution < 1.29 is 14.1 Å². The zero-order valence-corrected chi connectivity index (χ0v) is 11.8. The molecule has 3 nitrogen and oxygen atoms in total. The van der Waals surface area contributed by atoms with Crippen molar-refractivity contribution in [3.05, 3.63) is 66.7 Å². The van der Waals surface area contributed by atoms with Crippen LogP contribution >= 0.6 is 0 Å². The third-order valence-corrected chi connectivity index (χ3v) is 3.80. The first-order valence-corrected chi connectivity index (χ1v) is 7.11. The van der Waals surface area contributed by atoms with E-state index in [-0.39, 0.29) is 7.69 Å². The maximum absolute atomic E-state index is 8.79. The third kappa shape index (κ3) is 2.05. The lowest BCUT2D eigenvalue weighted by atomic mass is 10.0. The Morgan fingerprint density at radius 3 is 2.41 bits per heavy atom. The van der Waals surface area contributed by atoms with Gasteiger partial charge in [-0.1, -0.05) is 48.5 Å². The van der Waals surface area contributed by atoms with E-state index < -0.39 is 0 Å². The van der Waals surface area contributed by atoms with Crippen molar-refractivity contribution in [2.45, 2.75) is 0 Å². The summed E-state index contributed by atoms with van der Waals surface area (Å²) in [7, 11) is -0.321. The summed E-state index contributed by atoms with van der Waals surface area (Å²) in [6.07, 6.45) is 0. The molecule has 0 amide bonds. The molecule has 0 spiro atoms. The minimum Gasteiger partial charge on any atom is -0.539 e. The molecule has 1 N–H and O–H groups in total. The van der Waals surface area contributed by atoms with E-state index >= 15 is 0 Å². The number of benzene rings is 3. The van der Waals surface area contributed by atoms with Crippen molar-refractivity contribution in [1.29, 1.82) is 0 Å². The quantitative estimate of drug-likeness (QED) is 0.581. The van der Waals surface area contributed by atoms with E-state index in [4.69, 9.17) is 14.1 Å². The fraction of sp³-hybridized carbons (Fsp3) is 0. The second kappa shape index (κ2) is 5.24. The van der Waals surface area contributed by atoms with Gasteiger partial charge in [-0.25, -0.2) is 0 Å². The van der Waals surface area contributed by atoms with Gasteiger partial charge in [0.2, 0.25) is 0 Å². The summed E-state index contributed by atoms with van der Waals surface area (Å²) < 4.78 is 11.1. The molecule has 0 atom stereocenters. The van der Waals surface area contributed by atoms with Gasteiger partial charge in [0.25, 0.3) is 0 Å². The second-order valence-electron chi connectivity index (χ2n) is 5.08. The number of para-hydroxylation sites is 2. The highest BCUT2D eigenvalue weighted by Gasteiger charge is 2.11. The van der Waals surface area contributed by atoms with Crippen LogP contribution < -0.4 is 4.65 Å². The molecule has 0 unspecified atom stereocenters. The average Bonchev–Trinajstić information content (AvgIpc) is 2.95. The van der Waals surface area contributed by atoms with E-state index in [1.165, 1.54) is 0 Å². The molecule has 4 aromatic rings. The van der Waals surface area contributed by atoms with Gasteiger partial charge in [0.15, 0.2) is 0 Å². The van der Waals surface area contributed by atoms with Gasteiger partial charge in [-0.05, 0) is 23.8 Å². The molecule has 0 fully saturated rings. The van der Waals surface area contributed by atoms with Crippen LogP contribution in [0.15, 0.2) is 71.1 Å². The van der Waals surface area contributed by atoms with Gasteiger partial charge in [0.1, 0.15) is 16.9 Å². The molecule has 0 saturated carbocycles. The number of hydrogen-bond donors (Lipinski definition) is 1. The number of rotatable bonds is 3. The molecule has 3 aromatic carbocycles. The standard InChI is InChI=1S/C18H13BO3/c20-19-22-13-10-8-12(9-11-13)14-5-3-6-16-15-4-1-2-7-17(15)21-18(14)16/h1-11,19-20H. The molecule has 0 aliphatic heterocycles. The topological polar surface area (TPSA) is 42.6 Å². The van der Waals surface area contributed by atoms with Gasteiger partial charge in [0, 0.05) is 16.3 Å². The first-order chi connectivity index (χ1) is 10.9. The molecule has 4 rings (SSSR count). The monoisotopic (exact) mass is 288 g/mol. The van der Waals surface area contributed by atoms with Crippen LogP contribution in [0, 0.1) is 0 Å². The zero-order valence-electron chi connectivity index (χ0n) is 11.8. The largest absolute Gasteiger partial charge is 0.539 e. The van der Waals surface area contributed by atoms with Crippen LogP contribution in [0.2, 0.25) is 0 Å². The highest BCUT2D eigenvalue weighted by molar-refractivity contribution is 6.17. The normalized spacial score (nSPS) is 11.0. The summed E-state index contributed by atoms with van der Waals surface area (Å²) >= 11 is 0. The van der Waals surface area contributed by atoms with E-state index in [0.717, 1.165) is 33.1 Å². The maximum Gasteiger partial charge on any atom is 0.504 e. The Morgan fingerprint density at radius 1 is 0.818 bits per heavy atom. The lowest BCUT2D eigenvalue weighted by Gasteiger charge is -2.05. The Kier molecular flexibility index (Phi) is 3.09. The van der Waals surface area contributed by atoms with Crippen molar-refractivity contribution in [2.24, 2.45) is 0 Å². The molecule has 0 saturated heterocycles. The van der Waals surface area contributed by atoms with Gasteiger partial charge in [0.05, 0.1) is 0 Å². The molecular weight excluding hydrogens is 275 g/mol. The van der Waals surface area contributed by atoms with Crippen LogP contribution in [-0.2, 0) is 0 Å². The highest BCUT2D eigenvalue weighted by Crippen LogP contribution is 2.35. The van der Waals surface area contributed by atoms with Crippen molar-refractivity contribution in [1.82, 2.24) is 0 Å². The Labute approximate surface area is 128 Å². The SMILES string of the molecule is OBOc1ccc(-c2cccc3c2oc2ccccc23)cc1. The van der Waals surface area contributed by atoms with Crippen molar-refractivity contribution >= 4 is 29.6 Å². The van der Waals surface area contributed by atoms with Crippen LogP contribution in [0.5, 0.6) is 5.75 Å². The smallest absolute Gasteiger partial charge is 0.504 e. The summed E-state index contributed by atoms with van der Waals surface area (Å²) in [5.74, 6) is 0.642. The van der Waals surface area contributed by atoms with Crippen LogP contribution in [0.1, 0.15) is 0 Å². The molecule has 106 valence electrons. The molecule has 0 radical (unpaired) electrons. The van der Waals surface area contributed by atoms with E-state index in [9.17, 15) is 0 Å². The molecule has 0 bridgehead atoms. The highest BCUT2D eigenvalue weighted by atomic mass is 16.5. The second-order valence-corrected chi connectivity index (χ2v) is 5.08. The van der Waals surface area contributed by atoms with Gasteiger partial charge in [-0.2, -0.15) is 0 Å². The van der Waals surface area contributed by atoms with Crippen molar-refractivity contribution in [3.63, 3.8) is 0 Å². The third-order valence-electron chi connectivity index (χ3n) is 3.80. The molecular formula is C18H13BO3. The molecule has 0 aliphatic rings. The Bertz CT molecular complexity index is 942. The first-order valence-electron chi connectivity index (χ1n) is 7.11. The Morgan fingerprint density at radius 2 is 1.59 bits per heavy atom. The van der Waals surface area contributed by atoms with Crippen LogP contribution in [0.25, 0.3) is 33.1 Å². The summed E-state index contributed by atoms with van der Waals surface area (Å²) in [6.45, 7) is 0. The average molecular weight is 288 g/mol. The molecule has 22 heavy (non-hydrogen) atoms. The summed E-state index contributed by atoms with van der Waals surface area (Å²) in [5.41, 5.74) is 3.88. The van der Waals surface area contributed by atoms with Gasteiger partial charge < -0.3 is 14.1 Å². The van der Waals surface area contributed by atoms with Crippen LogP contribution in [0.4, 0.5) is 0 Å². The fourth-order valence-electron chi connectivity index (χ4n) is 2.78. The molecule has 0 aliphatic carbocycles. The van der Waals surface area contributed by atoms with Gasteiger partial charge in [-0.15, -0.1) is 0 Å². The molecule has 1 aromatic heterocycles. The fourth-order valence-corrected chi connectivity index (χ4v) is 2.78. The van der Waals surface area contributed by atoms with E-state index in [1.807, 2.05) is 54.6 Å². The Balaban J connectivity index is 1.91. The molecule has 1 heterocycles. The lowest BCUT2D eigenvalue weighted by Crippen LogP contribution is -1.99. The predicted octanol–water partition coefficient (Wildman–Crippen LogP) is 3.89. The zero-order chi connectivity index (χ0) is 14.9. The predicted molar refractivity (Wildman–Crippen MR) is 89.2 cm³/mol. The lowest BCUT2D eigenvalue weighted by molar-refractivity contribution is 0.454. The van der Waals surface area contributed by atoms with E-state index in [2.05, 4.69) is 12.1 Å². The van der Waals surface area contributed by atoms with E-state index in [0.29, 0.717) is 5.75 Å². The van der Waals surface area contributed by atoms with Gasteiger partial charge in [-0.3, -0.25) is 0 Å². The Hall–Kier alpha value is -2.72. The first kappa shape index (κ1) is 13.0. The maximum atomic E-state index is 8.79. The summed E-state index contributed by atoms with van der Waals surface area (Å²) in [5, 5.41) is 11.0. The van der Waals surface area contributed by atoms with Gasteiger partial charge >= 0.3 is 7.69 Å². The number of furan rings is 1. The van der Waals surface area contributed by atoms with E-state index in [1.54, 1.807) is 0 Å². The van der Waals surface area contributed by atoms with Crippen LogP contribution in [-0.4, -0.2) is 12.7 Å². The minimum atomic E-state index is -0.321. The summed E-state index contributed by atoms with van der Waals surface area (Å²) in [6, 6.07) is 21.8. The number of hydrogen-bond acceptors (Lipinski definition) is 3. The minimum absolute atomic E-state index is 0.321. The van der Waals surface area contributed by atoms with Crippen LogP contribution in [0.3, 0.4) is 0 Å². The van der Waals surface area contributed by atoms with Crippen molar-refractivity contribution in [3.8, 4) is 16.9 Å². The number of fused-ring (bicyclic) bond motifs is 3. The molecule has 4 heteroatoms. The summed E-state index contributed by atoms with van der Waals surface area (Å²) in [4.78, 5) is 0.